The zero-order chi connectivity index (χ0) is 20.2. The van der Waals surface area contributed by atoms with Crippen LogP contribution in [0, 0.1) is 0 Å². The Labute approximate surface area is 159 Å². The smallest absolute Gasteiger partial charge is 0.243 e. The van der Waals surface area contributed by atoms with Gasteiger partial charge in [0.2, 0.25) is 15.9 Å². The SMILES string of the molecule is CC(=O)NCc1ccc(S(=O)(=O)N(C[C@@H](O)CO)[C@@H]2CCS(=O)(=O)C2)cc1. The second-order valence-corrected chi connectivity index (χ2v) is 10.6. The van der Waals surface area contributed by atoms with E-state index >= 15 is 0 Å². The van der Waals surface area contributed by atoms with E-state index in [1.165, 1.54) is 19.1 Å². The normalized spacial score (nSPS) is 20.5. The zero-order valence-electron chi connectivity index (χ0n) is 14.9. The average Bonchev–Trinajstić information content (AvgIpc) is 2.97. The molecule has 0 aromatic heterocycles. The molecular weight excluding hydrogens is 396 g/mol. The Morgan fingerprint density at radius 2 is 1.96 bits per heavy atom. The number of nitrogens with one attached hydrogen (secondary N) is 1. The number of sulfonamides is 1. The number of benzene rings is 1. The molecule has 1 aliphatic heterocycles. The van der Waals surface area contributed by atoms with Gasteiger partial charge in [0, 0.05) is 26.1 Å². The van der Waals surface area contributed by atoms with Crippen molar-refractivity contribution in [1.29, 1.82) is 0 Å². The van der Waals surface area contributed by atoms with Crippen molar-refractivity contribution < 1.29 is 31.8 Å². The molecule has 1 amide bonds. The molecule has 1 fully saturated rings. The summed E-state index contributed by atoms with van der Waals surface area (Å²) in [4.78, 5) is 10.9. The van der Waals surface area contributed by atoms with E-state index in [9.17, 15) is 26.7 Å². The molecule has 1 saturated heterocycles. The van der Waals surface area contributed by atoms with Gasteiger partial charge in [-0.2, -0.15) is 4.31 Å². The third-order valence-corrected chi connectivity index (χ3v) is 7.97. The van der Waals surface area contributed by atoms with Gasteiger partial charge in [0.05, 0.1) is 29.1 Å². The maximum atomic E-state index is 13.0. The van der Waals surface area contributed by atoms with E-state index in [1.54, 1.807) is 12.1 Å². The quantitative estimate of drug-likeness (QED) is 0.482. The first-order chi connectivity index (χ1) is 12.5. The fourth-order valence-corrected chi connectivity index (χ4v) is 6.37. The number of aliphatic hydroxyl groups excluding tert-OH is 2. The average molecular weight is 421 g/mol. The summed E-state index contributed by atoms with van der Waals surface area (Å²) in [5.41, 5.74) is 0.703. The van der Waals surface area contributed by atoms with Crippen molar-refractivity contribution in [1.82, 2.24) is 9.62 Å². The lowest BCUT2D eigenvalue weighted by Gasteiger charge is -2.29. The first kappa shape index (κ1) is 21.8. The summed E-state index contributed by atoms with van der Waals surface area (Å²) >= 11 is 0. The molecule has 1 heterocycles. The van der Waals surface area contributed by atoms with Crippen LogP contribution in [0.25, 0.3) is 0 Å². The number of rotatable bonds is 8. The van der Waals surface area contributed by atoms with E-state index in [1.807, 2.05) is 0 Å². The Bertz CT molecular complexity index is 867. The van der Waals surface area contributed by atoms with Crippen molar-refractivity contribution >= 4 is 25.8 Å². The Hall–Kier alpha value is -1.53. The van der Waals surface area contributed by atoms with Crippen LogP contribution in [-0.4, -0.2) is 74.1 Å². The maximum Gasteiger partial charge on any atom is 0.243 e. The van der Waals surface area contributed by atoms with E-state index < -0.39 is 45.2 Å². The number of aliphatic hydroxyl groups is 2. The summed E-state index contributed by atoms with van der Waals surface area (Å²) < 4.78 is 50.6. The molecule has 0 aliphatic carbocycles. The molecule has 27 heavy (non-hydrogen) atoms. The van der Waals surface area contributed by atoms with Crippen LogP contribution >= 0.6 is 0 Å². The van der Waals surface area contributed by atoms with Gasteiger partial charge >= 0.3 is 0 Å². The van der Waals surface area contributed by atoms with E-state index in [-0.39, 0.29) is 35.3 Å². The van der Waals surface area contributed by atoms with Gasteiger partial charge in [-0.15, -0.1) is 0 Å². The van der Waals surface area contributed by atoms with E-state index in [0.29, 0.717) is 5.56 Å². The molecule has 2 atom stereocenters. The molecule has 1 aromatic rings. The lowest BCUT2D eigenvalue weighted by molar-refractivity contribution is -0.119. The van der Waals surface area contributed by atoms with Gasteiger partial charge in [-0.05, 0) is 24.1 Å². The van der Waals surface area contributed by atoms with Gasteiger partial charge < -0.3 is 15.5 Å². The third-order valence-electron chi connectivity index (χ3n) is 4.29. The van der Waals surface area contributed by atoms with Gasteiger partial charge in [-0.1, -0.05) is 12.1 Å². The van der Waals surface area contributed by atoms with E-state index in [2.05, 4.69) is 5.32 Å². The topological polar surface area (TPSA) is 141 Å². The number of carbonyl (C=O) groups is 1. The van der Waals surface area contributed by atoms with Crippen LogP contribution in [0.1, 0.15) is 18.9 Å². The highest BCUT2D eigenvalue weighted by Gasteiger charge is 2.39. The summed E-state index contributed by atoms with van der Waals surface area (Å²) in [6, 6.07) is 5.05. The predicted octanol–water partition coefficient (Wildman–Crippen LogP) is -1.15. The number of amides is 1. The summed E-state index contributed by atoms with van der Waals surface area (Å²) in [5, 5.41) is 21.4. The lowest BCUT2D eigenvalue weighted by Crippen LogP contribution is -2.46. The molecule has 11 heteroatoms. The number of nitrogens with zero attached hydrogens (tertiary/aromatic N) is 1. The molecule has 152 valence electrons. The molecule has 0 bridgehead atoms. The minimum Gasteiger partial charge on any atom is -0.394 e. The van der Waals surface area contributed by atoms with Crippen LogP contribution in [-0.2, 0) is 31.2 Å². The minimum absolute atomic E-state index is 0.0523. The molecule has 1 aliphatic rings. The molecule has 1 aromatic carbocycles. The molecule has 2 rings (SSSR count). The van der Waals surface area contributed by atoms with Crippen molar-refractivity contribution in [3.63, 3.8) is 0 Å². The molecule has 3 N–H and O–H groups in total. The Morgan fingerprint density at radius 3 is 2.44 bits per heavy atom. The van der Waals surface area contributed by atoms with Crippen LogP contribution in [0.4, 0.5) is 0 Å². The molecule has 0 saturated carbocycles. The third kappa shape index (κ3) is 5.72. The summed E-state index contributed by atoms with van der Waals surface area (Å²) in [6.45, 7) is 0.593. The lowest BCUT2D eigenvalue weighted by atomic mass is 10.2. The number of hydrogen-bond acceptors (Lipinski definition) is 7. The van der Waals surface area contributed by atoms with Crippen LogP contribution in [0.2, 0.25) is 0 Å². The van der Waals surface area contributed by atoms with Crippen molar-refractivity contribution in [2.24, 2.45) is 0 Å². The van der Waals surface area contributed by atoms with Crippen molar-refractivity contribution in [3.05, 3.63) is 29.8 Å². The largest absolute Gasteiger partial charge is 0.394 e. The summed E-state index contributed by atoms with van der Waals surface area (Å²) in [6.07, 6.45) is -1.18. The Balaban J connectivity index is 2.28. The van der Waals surface area contributed by atoms with E-state index in [4.69, 9.17) is 5.11 Å². The molecule has 0 spiro atoms. The maximum absolute atomic E-state index is 13.0. The zero-order valence-corrected chi connectivity index (χ0v) is 16.5. The highest BCUT2D eigenvalue weighted by atomic mass is 32.2. The van der Waals surface area contributed by atoms with Crippen LogP contribution in [0.3, 0.4) is 0 Å². The minimum atomic E-state index is -4.08. The molecular formula is C16H24N2O7S2. The molecule has 0 unspecified atom stereocenters. The van der Waals surface area contributed by atoms with Crippen molar-refractivity contribution in [2.75, 3.05) is 24.7 Å². The number of hydrogen-bond donors (Lipinski definition) is 3. The van der Waals surface area contributed by atoms with Crippen LogP contribution in [0.5, 0.6) is 0 Å². The highest BCUT2D eigenvalue weighted by Crippen LogP contribution is 2.25. The van der Waals surface area contributed by atoms with Crippen molar-refractivity contribution in [3.8, 4) is 0 Å². The van der Waals surface area contributed by atoms with Gasteiger partial charge in [0.1, 0.15) is 0 Å². The second-order valence-electron chi connectivity index (χ2n) is 6.52. The molecule has 0 radical (unpaired) electrons. The standard InChI is InChI=1S/C16H24N2O7S2/c1-12(20)17-8-13-2-4-16(5-3-13)27(24,25)18(9-15(21)10-19)14-6-7-26(22,23)11-14/h2-5,14-15,19,21H,6-11H2,1H3,(H,17,20)/t14-,15-/m1/s1. The fourth-order valence-electron chi connectivity index (χ4n) is 2.85. The van der Waals surface area contributed by atoms with E-state index in [0.717, 1.165) is 4.31 Å². The van der Waals surface area contributed by atoms with Crippen LogP contribution < -0.4 is 5.32 Å². The highest BCUT2D eigenvalue weighted by molar-refractivity contribution is 7.92. The predicted molar refractivity (Wildman–Crippen MR) is 98.0 cm³/mol. The van der Waals surface area contributed by atoms with Gasteiger partial charge in [0.25, 0.3) is 0 Å². The number of carbonyl (C=O) groups excluding carboxylic acids is 1. The van der Waals surface area contributed by atoms with Crippen molar-refractivity contribution in [2.45, 2.75) is 36.9 Å². The van der Waals surface area contributed by atoms with Crippen LogP contribution in [0.15, 0.2) is 29.2 Å². The van der Waals surface area contributed by atoms with Gasteiger partial charge in [-0.3, -0.25) is 4.79 Å². The Morgan fingerprint density at radius 1 is 1.33 bits per heavy atom. The Kier molecular flexibility index (Phi) is 6.98. The van der Waals surface area contributed by atoms with Gasteiger partial charge in [-0.25, -0.2) is 16.8 Å². The first-order valence-electron chi connectivity index (χ1n) is 8.40. The first-order valence-corrected chi connectivity index (χ1v) is 11.7. The summed E-state index contributed by atoms with van der Waals surface area (Å²) in [7, 11) is -7.42. The molecule has 9 nitrogen and oxygen atoms in total. The summed E-state index contributed by atoms with van der Waals surface area (Å²) in [5.74, 6) is -0.641. The fraction of sp³-hybridized carbons (Fsp3) is 0.562. The number of sulfone groups is 1. The second kappa shape index (κ2) is 8.65. The monoisotopic (exact) mass is 420 g/mol. The van der Waals surface area contributed by atoms with Gasteiger partial charge in [0.15, 0.2) is 9.84 Å².